The molecule has 0 aromatic carbocycles. The van der Waals surface area contributed by atoms with E-state index in [0.717, 1.165) is 30.9 Å². The number of fused-ring (bicyclic) bond motifs is 1. The summed E-state index contributed by atoms with van der Waals surface area (Å²) in [4.78, 5) is 12.8. The van der Waals surface area contributed by atoms with Crippen molar-refractivity contribution in [3.63, 3.8) is 0 Å². The Labute approximate surface area is 86.3 Å². The zero-order valence-electron chi connectivity index (χ0n) is 7.99. The van der Waals surface area contributed by atoms with Crippen LogP contribution in [0.15, 0.2) is 4.79 Å². The van der Waals surface area contributed by atoms with Crippen molar-refractivity contribution in [3.8, 4) is 0 Å². The fourth-order valence-corrected chi connectivity index (χ4v) is 2.67. The van der Waals surface area contributed by atoms with E-state index in [0.29, 0.717) is 13.2 Å². The number of rotatable bonds is 3. The summed E-state index contributed by atoms with van der Waals surface area (Å²) in [5, 5.41) is 0. The minimum atomic E-state index is 0.133. The number of hydrogen-bond donors (Lipinski definition) is 1. The lowest BCUT2D eigenvalue weighted by Gasteiger charge is -2.14. The Morgan fingerprint density at radius 2 is 2.43 bits per heavy atom. The molecule has 2 heterocycles. The van der Waals surface area contributed by atoms with Crippen LogP contribution in [0, 0.1) is 0 Å². The van der Waals surface area contributed by atoms with Crippen LogP contribution in [0.25, 0.3) is 0 Å². The van der Waals surface area contributed by atoms with Gasteiger partial charge in [-0.1, -0.05) is 11.3 Å². The molecule has 1 aromatic rings. The van der Waals surface area contributed by atoms with Crippen LogP contribution >= 0.6 is 11.3 Å². The van der Waals surface area contributed by atoms with Gasteiger partial charge in [0.15, 0.2) is 0 Å². The first-order chi connectivity index (χ1) is 6.83. The molecule has 4 nitrogen and oxygen atoms in total. The second kappa shape index (κ2) is 4.25. The average Bonchev–Trinajstić information content (AvgIpc) is 2.51. The smallest absolute Gasteiger partial charge is 0.307 e. The second-order valence-electron chi connectivity index (χ2n) is 3.33. The van der Waals surface area contributed by atoms with Crippen molar-refractivity contribution < 1.29 is 4.74 Å². The summed E-state index contributed by atoms with van der Waals surface area (Å²) in [6.45, 7) is 2.71. The number of nitrogens with two attached hydrogens (primary N) is 1. The van der Waals surface area contributed by atoms with Crippen LogP contribution < -0.4 is 10.6 Å². The zero-order chi connectivity index (χ0) is 9.97. The summed E-state index contributed by atoms with van der Waals surface area (Å²) in [5.74, 6) is 0. The number of nitrogens with zero attached hydrogens (tertiary/aromatic N) is 1. The molecule has 0 amide bonds. The van der Waals surface area contributed by atoms with Gasteiger partial charge in [-0.3, -0.25) is 4.79 Å². The number of hydrogen-bond acceptors (Lipinski definition) is 4. The van der Waals surface area contributed by atoms with Crippen molar-refractivity contribution in [2.24, 2.45) is 5.73 Å². The monoisotopic (exact) mass is 214 g/mol. The molecule has 0 radical (unpaired) electrons. The molecule has 0 atom stereocenters. The average molecular weight is 214 g/mol. The highest BCUT2D eigenvalue weighted by molar-refractivity contribution is 7.09. The molecule has 1 aromatic heterocycles. The molecule has 0 saturated heterocycles. The SMILES string of the molecule is NCCCn1c2c(sc1=O)COCC2. The lowest BCUT2D eigenvalue weighted by Crippen LogP contribution is -2.20. The maximum Gasteiger partial charge on any atom is 0.307 e. The van der Waals surface area contributed by atoms with E-state index in [2.05, 4.69) is 0 Å². The molecule has 14 heavy (non-hydrogen) atoms. The molecule has 0 fully saturated rings. The van der Waals surface area contributed by atoms with Gasteiger partial charge in [-0.15, -0.1) is 0 Å². The molecule has 1 aliphatic heterocycles. The van der Waals surface area contributed by atoms with Gasteiger partial charge >= 0.3 is 4.87 Å². The Kier molecular flexibility index (Phi) is 3.00. The molecule has 0 spiro atoms. The van der Waals surface area contributed by atoms with Crippen molar-refractivity contribution in [2.45, 2.75) is 26.0 Å². The molecule has 1 aliphatic rings. The van der Waals surface area contributed by atoms with Crippen molar-refractivity contribution >= 4 is 11.3 Å². The largest absolute Gasteiger partial charge is 0.375 e. The standard InChI is InChI=1S/C9H14N2O2S/c10-3-1-4-11-7-2-5-13-6-8(7)14-9(11)12/h1-6,10H2. The van der Waals surface area contributed by atoms with Gasteiger partial charge in [0.2, 0.25) is 0 Å². The number of thiazole rings is 1. The van der Waals surface area contributed by atoms with Crippen LogP contribution in [-0.4, -0.2) is 17.7 Å². The van der Waals surface area contributed by atoms with E-state index in [4.69, 9.17) is 10.5 Å². The van der Waals surface area contributed by atoms with E-state index in [-0.39, 0.29) is 4.87 Å². The maximum absolute atomic E-state index is 11.6. The molecule has 0 aliphatic carbocycles. The van der Waals surface area contributed by atoms with Crippen LogP contribution in [0.4, 0.5) is 0 Å². The number of aromatic nitrogens is 1. The summed E-state index contributed by atoms with van der Waals surface area (Å²) < 4.78 is 7.16. The molecule has 5 heteroatoms. The molecular weight excluding hydrogens is 200 g/mol. The lowest BCUT2D eigenvalue weighted by atomic mass is 10.2. The van der Waals surface area contributed by atoms with Crippen LogP contribution in [0.2, 0.25) is 0 Å². The predicted octanol–water partition coefficient (Wildman–Crippen LogP) is 0.331. The molecule has 0 unspecified atom stereocenters. The fourth-order valence-electron chi connectivity index (χ4n) is 1.68. The summed E-state index contributed by atoms with van der Waals surface area (Å²) >= 11 is 1.31. The summed E-state index contributed by atoms with van der Waals surface area (Å²) in [5.41, 5.74) is 6.60. The van der Waals surface area contributed by atoms with E-state index >= 15 is 0 Å². The molecular formula is C9H14N2O2S. The molecule has 0 bridgehead atoms. The third kappa shape index (κ3) is 1.75. The van der Waals surface area contributed by atoms with E-state index in [9.17, 15) is 4.79 Å². The summed E-state index contributed by atoms with van der Waals surface area (Å²) in [6, 6.07) is 0. The van der Waals surface area contributed by atoms with Crippen molar-refractivity contribution in [2.75, 3.05) is 13.2 Å². The van der Waals surface area contributed by atoms with Crippen LogP contribution in [-0.2, 0) is 24.3 Å². The predicted molar refractivity (Wildman–Crippen MR) is 55.6 cm³/mol. The summed E-state index contributed by atoms with van der Waals surface area (Å²) in [7, 11) is 0. The molecule has 78 valence electrons. The number of ether oxygens (including phenoxy) is 1. The minimum absolute atomic E-state index is 0.133. The maximum atomic E-state index is 11.6. The third-order valence-corrected chi connectivity index (χ3v) is 3.38. The van der Waals surface area contributed by atoms with Gasteiger partial charge in [0.25, 0.3) is 0 Å². The Balaban J connectivity index is 2.28. The quantitative estimate of drug-likeness (QED) is 0.789. The van der Waals surface area contributed by atoms with Gasteiger partial charge in [-0.05, 0) is 13.0 Å². The molecule has 0 saturated carbocycles. The highest BCUT2D eigenvalue weighted by Gasteiger charge is 2.17. The topological polar surface area (TPSA) is 57.2 Å². The first kappa shape index (κ1) is 9.89. The Morgan fingerprint density at radius 1 is 1.57 bits per heavy atom. The second-order valence-corrected chi connectivity index (χ2v) is 4.38. The highest BCUT2D eigenvalue weighted by atomic mass is 32.1. The van der Waals surface area contributed by atoms with E-state index in [1.807, 2.05) is 4.57 Å². The van der Waals surface area contributed by atoms with Gasteiger partial charge in [0.05, 0.1) is 18.1 Å². The normalized spacial score (nSPS) is 15.5. The lowest BCUT2D eigenvalue weighted by molar-refractivity contribution is 0.111. The van der Waals surface area contributed by atoms with Crippen LogP contribution in [0.3, 0.4) is 0 Å². The van der Waals surface area contributed by atoms with Crippen LogP contribution in [0.5, 0.6) is 0 Å². The fraction of sp³-hybridized carbons (Fsp3) is 0.667. The van der Waals surface area contributed by atoms with Gasteiger partial charge in [0, 0.05) is 18.7 Å². The van der Waals surface area contributed by atoms with E-state index in [1.54, 1.807) is 0 Å². The van der Waals surface area contributed by atoms with Crippen molar-refractivity contribution in [1.82, 2.24) is 4.57 Å². The van der Waals surface area contributed by atoms with Crippen molar-refractivity contribution in [3.05, 3.63) is 20.2 Å². The Hall–Kier alpha value is -0.650. The first-order valence-electron chi connectivity index (χ1n) is 4.82. The van der Waals surface area contributed by atoms with Gasteiger partial charge in [-0.2, -0.15) is 0 Å². The third-order valence-electron chi connectivity index (χ3n) is 2.38. The minimum Gasteiger partial charge on any atom is -0.375 e. The van der Waals surface area contributed by atoms with E-state index in [1.165, 1.54) is 17.0 Å². The molecule has 2 rings (SSSR count). The van der Waals surface area contributed by atoms with Gasteiger partial charge < -0.3 is 15.0 Å². The van der Waals surface area contributed by atoms with Crippen molar-refractivity contribution in [1.29, 1.82) is 0 Å². The highest BCUT2D eigenvalue weighted by Crippen LogP contribution is 2.19. The van der Waals surface area contributed by atoms with Gasteiger partial charge in [-0.25, -0.2) is 0 Å². The Bertz CT molecular complexity index is 369. The van der Waals surface area contributed by atoms with Crippen LogP contribution in [0.1, 0.15) is 17.0 Å². The molecule has 2 N–H and O–H groups in total. The first-order valence-corrected chi connectivity index (χ1v) is 5.64. The summed E-state index contributed by atoms with van der Waals surface area (Å²) in [6.07, 6.45) is 1.72. The van der Waals surface area contributed by atoms with Gasteiger partial charge in [0.1, 0.15) is 0 Å². The Morgan fingerprint density at radius 3 is 3.21 bits per heavy atom. The van der Waals surface area contributed by atoms with E-state index < -0.39 is 0 Å². The zero-order valence-corrected chi connectivity index (χ0v) is 8.81.